The lowest BCUT2D eigenvalue weighted by Gasteiger charge is -2.09. The monoisotopic (exact) mass is 543 g/mol. The number of quaternary nitrogens is 1. The van der Waals surface area contributed by atoms with Gasteiger partial charge in [-0.3, -0.25) is 0 Å². The largest absolute Gasteiger partial charge is 0.176 e. The fraction of sp³-hybridized carbons (Fsp3) is 0.895. The quantitative estimate of drug-likeness (QED) is 0.0524. The zero-order chi connectivity index (χ0) is 28.5. The van der Waals surface area contributed by atoms with Gasteiger partial charge in [0.25, 0.3) is 0 Å². The molecule has 0 rings (SSSR count). The van der Waals surface area contributed by atoms with Gasteiger partial charge in [-0.05, 0) is 24.7 Å². The second kappa shape index (κ2) is 31.6. The van der Waals surface area contributed by atoms with Crippen LogP contribution in [0.15, 0.2) is 0 Å². The Bertz CT molecular complexity index is 544. The van der Waals surface area contributed by atoms with Crippen molar-refractivity contribution in [1.29, 1.82) is 0 Å². The third kappa shape index (κ3) is 33.2. The molecule has 0 aromatic carbocycles. The minimum absolute atomic E-state index is 0.525. The van der Waals surface area contributed by atoms with Gasteiger partial charge in [0.15, 0.2) is 12.1 Å². The molecule has 0 atom stereocenters. The fourth-order valence-electron chi connectivity index (χ4n) is 5.35. The minimum atomic E-state index is 0.525. The first kappa shape index (κ1) is 38.1. The molecule has 0 bridgehead atoms. The van der Waals surface area contributed by atoms with Crippen LogP contribution in [-0.2, 0) is 0 Å². The molecule has 39 heavy (non-hydrogen) atoms. The van der Waals surface area contributed by atoms with Crippen LogP contribution in [0.2, 0.25) is 0 Å². The Morgan fingerprint density at radius 3 is 0.744 bits per heavy atom. The molecule has 0 aliphatic carbocycles. The van der Waals surface area contributed by atoms with E-state index in [2.05, 4.69) is 51.9 Å². The maximum Gasteiger partial charge on any atom is 0.151 e. The van der Waals surface area contributed by atoms with E-state index in [0.717, 1.165) is 12.8 Å². The Morgan fingerprint density at radius 1 is 0.308 bits per heavy atom. The molecule has 0 unspecified atom stereocenters. The average Bonchev–Trinajstić information content (AvgIpc) is 2.92. The van der Waals surface area contributed by atoms with E-state index < -0.39 is 0 Å². The molecule has 0 saturated heterocycles. The summed E-state index contributed by atoms with van der Waals surface area (Å²) in [4.78, 5) is 0. The van der Waals surface area contributed by atoms with Crippen molar-refractivity contribution in [2.75, 3.05) is 14.1 Å². The van der Waals surface area contributed by atoms with Gasteiger partial charge in [-0.25, -0.2) is 0 Å². The molecule has 1 nitrogen and oxygen atoms in total. The van der Waals surface area contributed by atoms with E-state index in [9.17, 15) is 0 Å². The van der Waals surface area contributed by atoms with Gasteiger partial charge in [-0.15, -0.1) is 0 Å². The van der Waals surface area contributed by atoms with Gasteiger partial charge in [0.2, 0.25) is 0 Å². The molecule has 0 aromatic rings. The van der Waals surface area contributed by atoms with Crippen LogP contribution >= 0.6 is 0 Å². The minimum Gasteiger partial charge on any atom is -0.176 e. The summed E-state index contributed by atoms with van der Waals surface area (Å²) < 4.78 is 0.525. The summed E-state index contributed by atoms with van der Waals surface area (Å²) in [6, 6.07) is 6.74. The maximum atomic E-state index is 3.39. The van der Waals surface area contributed by atoms with Crippen molar-refractivity contribution in [2.45, 2.75) is 206 Å². The summed E-state index contributed by atoms with van der Waals surface area (Å²) in [6.45, 7) is 4.59. The molecule has 228 valence electrons. The van der Waals surface area contributed by atoms with Crippen molar-refractivity contribution in [1.82, 2.24) is 0 Å². The van der Waals surface area contributed by atoms with Crippen molar-refractivity contribution >= 4 is 0 Å². The normalized spacial score (nSPS) is 11.2. The third-order valence-electron chi connectivity index (χ3n) is 8.03. The highest BCUT2D eigenvalue weighted by Crippen LogP contribution is 2.14. The van der Waals surface area contributed by atoms with Crippen LogP contribution in [0.3, 0.4) is 0 Å². The first-order valence-corrected chi connectivity index (χ1v) is 18.0. The summed E-state index contributed by atoms with van der Waals surface area (Å²) in [5.41, 5.74) is 0. The van der Waals surface area contributed by atoms with Gasteiger partial charge in [-0.2, -0.15) is 4.48 Å². The molecule has 1 heteroatoms. The second-order valence-corrected chi connectivity index (χ2v) is 12.7. The first-order valence-electron chi connectivity index (χ1n) is 18.0. The van der Waals surface area contributed by atoms with E-state index in [1.807, 2.05) is 0 Å². The van der Waals surface area contributed by atoms with E-state index in [4.69, 9.17) is 0 Å². The van der Waals surface area contributed by atoms with Crippen LogP contribution in [0.5, 0.6) is 0 Å². The van der Waals surface area contributed by atoms with Crippen molar-refractivity contribution < 1.29 is 4.48 Å². The van der Waals surface area contributed by atoms with E-state index >= 15 is 0 Å². The fourth-order valence-corrected chi connectivity index (χ4v) is 5.35. The molecule has 0 fully saturated rings. The molecule has 0 radical (unpaired) electrons. The summed E-state index contributed by atoms with van der Waals surface area (Å²) in [5, 5.41) is 0. The number of unbranched alkanes of at least 4 members (excludes halogenated alkanes) is 28. The van der Waals surface area contributed by atoms with Crippen molar-refractivity contribution in [2.24, 2.45) is 0 Å². The van der Waals surface area contributed by atoms with Crippen molar-refractivity contribution in [3.63, 3.8) is 0 Å². The molecular formula is C38H72N+. The Balaban J connectivity index is 3.47. The summed E-state index contributed by atoms with van der Waals surface area (Å²) in [6.07, 6.45) is 41.6. The predicted octanol–water partition coefficient (Wildman–Crippen LogP) is 12.7. The van der Waals surface area contributed by atoms with E-state index in [-0.39, 0.29) is 0 Å². The van der Waals surface area contributed by atoms with Crippen LogP contribution in [0.25, 0.3) is 0 Å². The molecule has 0 saturated carbocycles. The predicted molar refractivity (Wildman–Crippen MR) is 178 cm³/mol. The highest BCUT2D eigenvalue weighted by atomic mass is 15.3. The Morgan fingerprint density at radius 2 is 0.513 bits per heavy atom. The third-order valence-corrected chi connectivity index (χ3v) is 8.03. The van der Waals surface area contributed by atoms with Gasteiger partial charge in [0, 0.05) is 12.8 Å². The molecular weight excluding hydrogens is 470 g/mol. The summed E-state index contributed by atoms with van der Waals surface area (Å²) >= 11 is 0. The standard InChI is InChI=1S/C38H72N/c1-5-7-9-11-13-15-17-19-21-23-25-27-29-31-33-35-37-39(3,4)38-36-34-32-30-28-26-24-22-20-18-16-14-12-10-8-6-2/h5-34H2,1-4H3/q+1. The Hall–Kier alpha value is -0.920. The van der Waals surface area contributed by atoms with Crippen LogP contribution in [0.1, 0.15) is 206 Å². The Labute approximate surface area is 248 Å². The van der Waals surface area contributed by atoms with Crippen LogP contribution in [0, 0.1) is 23.9 Å². The maximum absolute atomic E-state index is 3.39. The van der Waals surface area contributed by atoms with Gasteiger partial charge >= 0.3 is 0 Å². The molecule has 0 heterocycles. The summed E-state index contributed by atoms with van der Waals surface area (Å²) in [7, 11) is 4.24. The van der Waals surface area contributed by atoms with Gasteiger partial charge in [0.1, 0.15) is 0 Å². The van der Waals surface area contributed by atoms with Gasteiger partial charge < -0.3 is 0 Å². The molecule has 0 aliphatic heterocycles. The van der Waals surface area contributed by atoms with Crippen LogP contribution in [-0.4, -0.2) is 18.6 Å². The number of rotatable bonds is 28. The average molecular weight is 543 g/mol. The molecule has 0 N–H and O–H groups in total. The zero-order valence-electron chi connectivity index (χ0n) is 27.7. The lowest BCUT2D eigenvalue weighted by atomic mass is 10.0. The van der Waals surface area contributed by atoms with E-state index in [1.54, 1.807) is 0 Å². The van der Waals surface area contributed by atoms with Crippen LogP contribution < -0.4 is 0 Å². The molecule has 0 spiro atoms. The van der Waals surface area contributed by atoms with E-state index in [1.165, 1.54) is 180 Å². The highest BCUT2D eigenvalue weighted by molar-refractivity contribution is 4.99. The summed E-state index contributed by atoms with van der Waals surface area (Å²) in [5.74, 6) is 6.79. The second-order valence-electron chi connectivity index (χ2n) is 12.7. The molecule has 0 amide bonds. The zero-order valence-corrected chi connectivity index (χ0v) is 27.7. The number of hydrogen-bond donors (Lipinski definition) is 0. The SMILES string of the molecule is CCCCCCCCCCCCCCCCC#C[N+](C)(C)C#CCCCCCCCCCCCCCCCC. The van der Waals surface area contributed by atoms with Crippen molar-refractivity contribution in [3.8, 4) is 23.9 Å². The smallest absolute Gasteiger partial charge is 0.151 e. The van der Waals surface area contributed by atoms with Crippen molar-refractivity contribution in [3.05, 3.63) is 0 Å². The number of nitrogens with zero attached hydrogens (tertiary/aromatic N) is 1. The van der Waals surface area contributed by atoms with Gasteiger partial charge in [0.05, 0.1) is 14.1 Å². The van der Waals surface area contributed by atoms with Crippen LogP contribution in [0.4, 0.5) is 0 Å². The lowest BCUT2D eigenvalue weighted by Crippen LogP contribution is -2.27. The van der Waals surface area contributed by atoms with E-state index in [0.29, 0.717) is 4.48 Å². The van der Waals surface area contributed by atoms with Gasteiger partial charge in [-0.1, -0.05) is 181 Å². The molecule has 0 aromatic heterocycles. The topological polar surface area (TPSA) is 0 Å². The highest BCUT2D eigenvalue weighted by Gasteiger charge is 2.06. The number of hydrogen-bond acceptors (Lipinski definition) is 0. The molecule has 0 aliphatic rings. The Kier molecular flexibility index (Phi) is 30.9. The lowest BCUT2D eigenvalue weighted by molar-refractivity contribution is -0.749. The first-order chi connectivity index (χ1) is 19.1.